The Morgan fingerprint density at radius 3 is 2.56 bits per heavy atom. The number of rotatable bonds is 5. The van der Waals surface area contributed by atoms with Crippen LogP contribution in [0.25, 0.3) is 11.3 Å². The Kier molecular flexibility index (Phi) is 4.81. The molecule has 2 N–H and O–H groups in total. The molecule has 0 radical (unpaired) electrons. The van der Waals surface area contributed by atoms with Crippen LogP contribution in [-0.2, 0) is 11.2 Å². The SMILES string of the molecule is Cc1ccc(-c2nc(Nc3ccc(F)cc3)sc2CC(=O)O)c(C)c1. The summed E-state index contributed by atoms with van der Waals surface area (Å²) in [6.45, 7) is 4.00. The maximum absolute atomic E-state index is 13.0. The van der Waals surface area contributed by atoms with Gasteiger partial charge in [0.25, 0.3) is 0 Å². The maximum Gasteiger partial charge on any atom is 0.308 e. The molecule has 0 spiro atoms. The van der Waals surface area contributed by atoms with Crippen LogP contribution < -0.4 is 5.32 Å². The Labute approximate surface area is 149 Å². The van der Waals surface area contributed by atoms with Gasteiger partial charge in [0, 0.05) is 16.1 Å². The molecule has 0 saturated heterocycles. The average Bonchev–Trinajstić information content (AvgIpc) is 2.91. The third-order valence-electron chi connectivity index (χ3n) is 3.74. The molecular formula is C19H17FN2O2S. The Morgan fingerprint density at radius 1 is 1.20 bits per heavy atom. The quantitative estimate of drug-likeness (QED) is 0.680. The highest BCUT2D eigenvalue weighted by Crippen LogP contribution is 2.35. The molecule has 0 saturated carbocycles. The summed E-state index contributed by atoms with van der Waals surface area (Å²) in [6, 6.07) is 11.9. The minimum atomic E-state index is -0.900. The van der Waals surface area contributed by atoms with Crippen molar-refractivity contribution >= 4 is 28.1 Å². The number of hydrogen-bond acceptors (Lipinski definition) is 4. The zero-order valence-electron chi connectivity index (χ0n) is 13.8. The van der Waals surface area contributed by atoms with E-state index in [2.05, 4.69) is 10.3 Å². The summed E-state index contributed by atoms with van der Waals surface area (Å²) < 4.78 is 13.0. The molecule has 0 unspecified atom stereocenters. The van der Waals surface area contributed by atoms with Gasteiger partial charge >= 0.3 is 5.97 Å². The van der Waals surface area contributed by atoms with Gasteiger partial charge in [0.1, 0.15) is 5.82 Å². The second kappa shape index (κ2) is 7.03. The van der Waals surface area contributed by atoms with Gasteiger partial charge < -0.3 is 10.4 Å². The molecule has 0 aliphatic carbocycles. The van der Waals surface area contributed by atoms with E-state index in [0.717, 1.165) is 16.7 Å². The van der Waals surface area contributed by atoms with E-state index in [4.69, 9.17) is 0 Å². The Hall–Kier alpha value is -2.73. The standard InChI is InChI=1S/C19H17FN2O2S/c1-11-3-8-15(12(2)9-11)18-16(10-17(23)24)25-19(22-18)21-14-6-4-13(20)5-7-14/h3-9H,10H2,1-2H3,(H,21,22)(H,23,24). The number of nitrogens with zero attached hydrogens (tertiary/aromatic N) is 1. The molecule has 128 valence electrons. The molecule has 1 heterocycles. The summed E-state index contributed by atoms with van der Waals surface area (Å²) in [7, 11) is 0. The first-order valence-electron chi connectivity index (χ1n) is 7.74. The summed E-state index contributed by atoms with van der Waals surface area (Å²) in [5.74, 6) is -1.21. The van der Waals surface area contributed by atoms with Crippen LogP contribution in [0.2, 0.25) is 0 Å². The number of carboxylic acids is 1. The highest BCUT2D eigenvalue weighted by Gasteiger charge is 2.17. The summed E-state index contributed by atoms with van der Waals surface area (Å²) in [5.41, 5.74) is 4.48. The molecule has 0 aliphatic heterocycles. The lowest BCUT2D eigenvalue weighted by Gasteiger charge is -2.06. The number of halogens is 1. The number of anilines is 2. The first kappa shape index (κ1) is 17.1. The molecule has 0 bridgehead atoms. The molecule has 3 rings (SSSR count). The summed E-state index contributed by atoms with van der Waals surface area (Å²) in [5, 5.41) is 12.9. The van der Waals surface area contributed by atoms with E-state index in [1.165, 1.54) is 23.5 Å². The van der Waals surface area contributed by atoms with Crippen molar-refractivity contribution in [2.24, 2.45) is 0 Å². The van der Waals surface area contributed by atoms with Crippen LogP contribution in [0.5, 0.6) is 0 Å². The lowest BCUT2D eigenvalue weighted by Crippen LogP contribution is -2.00. The van der Waals surface area contributed by atoms with Gasteiger partial charge in [-0.1, -0.05) is 23.8 Å². The van der Waals surface area contributed by atoms with Crippen LogP contribution in [0.1, 0.15) is 16.0 Å². The van der Waals surface area contributed by atoms with Crippen molar-refractivity contribution in [3.8, 4) is 11.3 Å². The highest BCUT2D eigenvalue weighted by atomic mass is 32.1. The van der Waals surface area contributed by atoms with Gasteiger partial charge in [0.05, 0.1) is 12.1 Å². The van der Waals surface area contributed by atoms with Crippen LogP contribution in [0.4, 0.5) is 15.2 Å². The molecule has 0 fully saturated rings. The number of nitrogens with one attached hydrogen (secondary N) is 1. The molecule has 25 heavy (non-hydrogen) atoms. The normalized spacial score (nSPS) is 10.7. The third-order valence-corrected chi connectivity index (χ3v) is 4.71. The van der Waals surface area contributed by atoms with Crippen molar-refractivity contribution in [2.75, 3.05) is 5.32 Å². The number of aromatic nitrogens is 1. The van der Waals surface area contributed by atoms with E-state index in [9.17, 15) is 14.3 Å². The molecular weight excluding hydrogens is 339 g/mol. The molecule has 6 heteroatoms. The van der Waals surface area contributed by atoms with Crippen LogP contribution in [0.3, 0.4) is 0 Å². The van der Waals surface area contributed by atoms with Gasteiger partial charge in [-0.2, -0.15) is 0 Å². The monoisotopic (exact) mass is 356 g/mol. The second-order valence-corrected chi connectivity index (χ2v) is 6.90. The van der Waals surface area contributed by atoms with Gasteiger partial charge in [0.15, 0.2) is 5.13 Å². The zero-order valence-corrected chi connectivity index (χ0v) is 14.7. The Balaban J connectivity index is 2.00. The van der Waals surface area contributed by atoms with Crippen molar-refractivity contribution in [1.82, 2.24) is 4.98 Å². The van der Waals surface area contributed by atoms with Gasteiger partial charge in [-0.05, 0) is 43.7 Å². The number of benzene rings is 2. The lowest BCUT2D eigenvalue weighted by molar-refractivity contribution is -0.136. The summed E-state index contributed by atoms with van der Waals surface area (Å²) in [4.78, 5) is 16.5. The number of aryl methyl sites for hydroxylation is 2. The van der Waals surface area contributed by atoms with E-state index >= 15 is 0 Å². The van der Waals surface area contributed by atoms with Crippen LogP contribution in [-0.4, -0.2) is 16.1 Å². The molecule has 0 amide bonds. The van der Waals surface area contributed by atoms with Crippen molar-refractivity contribution < 1.29 is 14.3 Å². The number of carbonyl (C=O) groups is 1. The predicted octanol–water partition coefficient (Wildman–Crippen LogP) is 4.94. The number of carboxylic acid groups (broad SMARTS) is 1. The van der Waals surface area contributed by atoms with Gasteiger partial charge in [0.2, 0.25) is 0 Å². The van der Waals surface area contributed by atoms with E-state index in [1.807, 2.05) is 32.0 Å². The van der Waals surface area contributed by atoms with E-state index in [-0.39, 0.29) is 12.2 Å². The number of hydrogen-bond donors (Lipinski definition) is 2. The van der Waals surface area contributed by atoms with Crippen molar-refractivity contribution in [1.29, 1.82) is 0 Å². The summed E-state index contributed by atoms with van der Waals surface area (Å²) in [6.07, 6.45) is -0.0919. The van der Waals surface area contributed by atoms with Crippen molar-refractivity contribution in [2.45, 2.75) is 20.3 Å². The first-order chi connectivity index (χ1) is 11.9. The fourth-order valence-corrected chi connectivity index (χ4v) is 3.60. The topological polar surface area (TPSA) is 62.2 Å². The van der Waals surface area contributed by atoms with Crippen molar-refractivity contribution in [3.63, 3.8) is 0 Å². The van der Waals surface area contributed by atoms with Crippen LogP contribution >= 0.6 is 11.3 Å². The number of aliphatic carboxylic acids is 1. The average molecular weight is 356 g/mol. The molecule has 4 nitrogen and oxygen atoms in total. The zero-order chi connectivity index (χ0) is 18.0. The van der Waals surface area contributed by atoms with Gasteiger partial charge in [-0.3, -0.25) is 4.79 Å². The fourth-order valence-electron chi connectivity index (χ4n) is 2.61. The minimum absolute atomic E-state index is 0.0919. The Morgan fingerprint density at radius 2 is 1.92 bits per heavy atom. The smallest absolute Gasteiger partial charge is 0.308 e. The molecule has 1 aromatic heterocycles. The van der Waals surface area contributed by atoms with Gasteiger partial charge in [-0.15, -0.1) is 11.3 Å². The maximum atomic E-state index is 13.0. The van der Waals surface area contributed by atoms with E-state index < -0.39 is 5.97 Å². The van der Waals surface area contributed by atoms with Gasteiger partial charge in [-0.25, -0.2) is 9.37 Å². The van der Waals surface area contributed by atoms with Crippen LogP contribution in [0.15, 0.2) is 42.5 Å². The minimum Gasteiger partial charge on any atom is -0.481 e. The Bertz CT molecular complexity index is 920. The second-order valence-electron chi connectivity index (χ2n) is 5.81. The lowest BCUT2D eigenvalue weighted by atomic mass is 10.0. The third kappa shape index (κ3) is 4.03. The highest BCUT2D eigenvalue weighted by molar-refractivity contribution is 7.16. The fraction of sp³-hybridized carbons (Fsp3) is 0.158. The number of thiazole rings is 1. The molecule has 0 atom stereocenters. The van der Waals surface area contributed by atoms with Crippen LogP contribution in [0, 0.1) is 19.7 Å². The largest absolute Gasteiger partial charge is 0.481 e. The van der Waals surface area contributed by atoms with E-state index in [0.29, 0.717) is 21.4 Å². The first-order valence-corrected chi connectivity index (χ1v) is 8.56. The molecule has 2 aromatic carbocycles. The predicted molar refractivity (Wildman–Crippen MR) is 98.0 cm³/mol. The molecule has 3 aromatic rings. The van der Waals surface area contributed by atoms with Crippen molar-refractivity contribution in [3.05, 3.63) is 64.3 Å². The molecule has 0 aliphatic rings. The summed E-state index contributed by atoms with van der Waals surface area (Å²) >= 11 is 1.30. The van der Waals surface area contributed by atoms with E-state index in [1.54, 1.807) is 12.1 Å².